The van der Waals surface area contributed by atoms with Crippen LogP contribution in [0, 0.1) is 0 Å². The van der Waals surface area contributed by atoms with Gasteiger partial charge in [0.25, 0.3) is 5.91 Å². The molecule has 1 amide bonds. The molecule has 94 valence electrons. The van der Waals surface area contributed by atoms with Crippen LogP contribution in [0.3, 0.4) is 0 Å². The van der Waals surface area contributed by atoms with Crippen LogP contribution in [-0.2, 0) is 0 Å². The molecule has 5 heteroatoms. The van der Waals surface area contributed by atoms with E-state index in [1.54, 1.807) is 11.1 Å². The van der Waals surface area contributed by atoms with Crippen molar-refractivity contribution in [2.45, 2.75) is 33.7 Å². The maximum absolute atomic E-state index is 12.2. The molecular weight excluding hydrogens is 216 g/mol. The lowest BCUT2D eigenvalue weighted by Crippen LogP contribution is -2.37. The monoisotopic (exact) mass is 236 g/mol. The summed E-state index contributed by atoms with van der Waals surface area (Å²) in [6.07, 6.45) is 3.13. The van der Waals surface area contributed by atoms with Crippen LogP contribution in [-0.4, -0.2) is 39.9 Å². The summed E-state index contributed by atoms with van der Waals surface area (Å²) in [4.78, 5) is 22.2. The van der Waals surface area contributed by atoms with Gasteiger partial charge in [0.05, 0.1) is 12.4 Å². The Labute approximate surface area is 102 Å². The fourth-order valence-corrected chi connectivity index (χ4v) is 1.63. The zero-order valence-corrected chi connectivity index (χ0v) is 10.9. The molecule has 0 atom stereocenters. The maximum Gasteiger partial charge on any atom is 0.274 e. The lowest BCUT2D eigenvalue weighted by Gasteiger charge is -2.24. The number of rotatable bonds is 5. The van der Waals surface area contributed by atoms with Gasteiger partial charge in [-0.2, -0.15) is 0 Å². The molecule has 0 aromatic carbocycles. The Bertz CT molecular complexity index is 379. The summed E-state index contributed by atoms with van der Waals surface area (Å²) in [5.41, 5.74) is 0.388. The molecule has 0 saturated heterocycles. The van der Waals surface area contributed by atoms with E-state index in [2.05, 4.69) is 15.3 Å². The van der Waals surface area contributed by atoms with Crippen molar-refractivity contribution in [3.8, 4) is 0 Å². The number of anilines is 1. The zero-order chi connectivity index (χ0) is 12.8. The predicted octanol–water partition coefficient (Wildman–Crippen LogP) is 1.78. The minimum Gasteiger partial charge on any atom is -0.369 e. The molecule has 0 aliphatic rings. The first kappa shape index (κ1) is 13.4. The van der Waals surface area contributed by atoms with Crippen molar-refractivity contribution in [2.75, 3.05) is 18.4 Å². The summed E-state index contributed by atoms with van der Waals surface area (Å²) in [6.45, 7) is 9.34. The Morgan fingerprint density at radius 2 is 2.12 bits per heavy atom. The van der Waals surface area contributed by atoms with E-state index in [1.165, 1.54) is 6.20 Å². The van der Waals surface area contributed by atoms with E-state index in [0.29, 0.717) is 18.1 Å². The highest BCUT2D eigenvalue weighted by atomic mass is 16.2. The molecule has 0 aliphatic heterocycles. The van der Waals surface area contributed by atoms with E-state index in [1.807, 2.05) is 27.7 Å². The van der Waals surface area contributed by atoms with Crippen molar-refractivity contribution in [3.05, 3.63) is 18.1 Å². The largest absolute Gasteiger partial charge is 0.369 e. The summed E-state index contributed by atoms with van der Waals surface area (Å²) >= 11 is 0. The van der Waals surface area contributed by atoms with Crippen molar-refractivity contribution in [1.29, 1.82) is 0 Å². The van der Waals surface area contributed by atoms with Gasteiger partial charge in [-0.1, -0.05) is 0 Å². The zero-order valence-electron chi connectivity index (χ0n) is 10.9. The first-order valence-electron chi connectivity index (χ1n) is 5.97. The van der Waals surface area contributed by atoms with E-state index < -0.39 is 0 Å². The van der Waals surface area contributed by atoms with Crippen LogP contribution < -0.4 is 5.32 Å². The number of nitrogens with zero attached hydrogens (tertiary/aromatic N) is 3. The fraction of sp³-hybridized carbons (Fsp3) is 0.583. The molecule has 0 aliphatic carbocycles. The Balaban J connectivity index is 2.91. The molecule has 1 aromatic heterocycles. The Morgan fingerprint density at radius 3 is 2.65 bits per heavy atom. The van der Waals surface area contributed by atoms with E-state index >= 15 is 0 Å². The first-order chi connectivity index (χ1) is 8.10. The number of aromatic nitrogens is 2. The van der Waals surface area contributed by atoms with Crippen molar-refractivity contribution in [1.82, 2.24) is 14.9 Å². The second-order valence-electron chi connectivity index (χ2n) is 4.00. The van der Waals surface area contributed by atoms with Crippen molar-refractivity contribution in [3.63, 3.8) is 0 Å². The second kappa shape index (κ2) is 6.18. The minimum atomic E-state index is -0.0743. The van der Waals surface area contributed by atoms with E-state index in [9.17, 15) is 4.79 Å². The molecule has 5 nitrogen and oxygen atoms in total. The first-order valence-corrected chi connectivity index (χ1v) is 5.97. The third-order valence-electron chi connectivity index (χ3n) is 2.44. The lowest BCUT2D eigenvalue weighted by molar-refractivity contribution is 0.0710. The van der Waals surface area contributed by atoms with Crippen LogP contribution >= 0.6 is 0 Å². The molecule has 1 aromatic rings. The minimum absolute atomic E-state index is 0.0743. The van der Waals surface area contributed by atoms with Gasteiger partial charge in [0.15, 0.2) is 0 Å². The molecule has 0 fully saturated rings. The molecule has 1 rings (SSSR count). The predicted molar refractivity (Wildman–Crippen MR) is 68.0 cm³/mol. The summed E-state index contributed by atoms with van der Waals surface area (Å²) in [6, 6.07) is 0.164. The molecule has 1 heterocycles. The summed E-state index contributed by atoms with van der Waals surface area (Å²) in [5, 5.41) is 3.04. The Hall–Kier alpha value is -1.65. The van der Waals surface area contributed by atoms with Crippen LogP contribution in [0.2, 0.25) is 0 Å². The lowest BCUT2D eigenvalue weighted by atomic mass is 10.3. The third-order valence-corrected chi connectivity index (χ3v) is 2.44. The number of nitrogens with one attached hydrogen (secondary N) is 1. The number of carbonyl (C=O) groups is 1. The van der Waals surface area contributed by atoms with Gasteiger partial charge in [0, 0.05) is 19.1 Å². The number of amides is 1. The summed E-state index contributed by atoms with van der Waals surface area (Å²) < 4.78 is 0. The van der Waals surface area contributed by atoms with Crippen LogP contribution in [0.5, 0.6) is 0 Å². The van der Waals surface area contributed by atoms with Crippen molar-refractivity contribution >= 4 is 11.7 Å². The van der Waals surface area contributed by atoms with Gasteiger partial charge in [-0.3, -0.25) is 9.78 Å². The number of hydrogen-bond acceptors (Lipinski definition) is 4. The average molecular weight is 236 g/mol. The molecule has 0 radical (unpaired) electrons. The quantitative estimate of drug-likeness (QED) is 0.846. The molecule has 0 saturated carbocycles. The van der Waals surface area contributed by atoms with Gasteiger partial charge in [0.1, 0.15) is 11.5 Å². The van der Waals surface area contributed by atoms with Gasteiger partial charge < -0.3 is 10.2 Å². The van der Waals surface area contributed by atoms with Gasteiger partial charge >= 0.3 is 0 Å². The fourth-order valence-electron chi connectivity index (χ4n) is 1.63. The molecule has 17 heavy (non-hydrogen) atoms. The highest BCUT2D eigenvalue weighted by Crippen LogP contribution is 2.08. The Morgan fingerprint density at radius 1 is 1.41 bits per heavy atom. The van der Waals surface area contributed by atoms with Crippen molar-refractivity contribution < 1.29 is 4.79 Å². The van der Waals surface area contributed by atoms with Crippen LogP contribution in [0.15, 0.2) is 12.4 Å². The van der Waals surface area contributed by atoms with E-state index in [0.717, 1.165) is 6.54 Å². The van der Waals surface area contributed by atoms with Crippen molar-refractivity contribution in [2.24, 2.45) is 0 Å². The van der Waals surface area contributed by atoms with E-state index in [-0.39, 0.29) is 11.9 Å². The van der Waals surface area contributed by atoms with Gasteiger partial charge in [-0.15, -0.1) is 0 Å². The van der Waals surface area contributed by atoms with Crippen LogP contribution in [0.25, 0.3) is 0 Å². The SMILES string of the molecule is CCNc1cncc(C(=O)N(CC)C(C)C)n1. The molecule has 0 unspecified atom stereocenters. The Kier molecular flexibility index (Phi) is 4.87. The number of carbonyl (C=O) groups excluding carboxylic acids is 1. The topological polar surface area (TPSA) is 58.1 Å². The maximum atomic E-state index is 12.2. The molecule has 1 N–H and O–H groups in total. The van der Waals surface area contributed by atoms with Gasteiger partial charge in [-0.05, 0) is 27.7 Å². The molecule has 0 spiro atoms. The summed E-state index contributed by atoms with van der Waals surface area (Å²) in [5.74, 6) is 0.563. The normalized spacial score (nSPS) is 10.4. The summed E-state index contributed by atoms with van der Waals surface area (Å²) in [7, 11) is 0. The highest BCUT2D eigenvalue weighted by Gasteiger charge is 2.18. The molecular formula is C12H20N4O. The van der Waals surface area contributed by atoms with Crippen LogP contribution in [0.1, 0.15) is 38.2 Å². The van der Waals surface area contributed by atoms with Gasteiger partial charge in [0.2, 0.25) is 0 Å². The smallest absolute Gasteiger partial charge is 0.274 e. The van der Waals surface area contributed by atoms with Crippen LogP contribution in [0.4, 0.5) is 5.82 Å². The van der Waals surface area contributed by atoms with E-state index in [4.69, 9.17) is 0 Å². The molecule has 0 bridgehead atoms. The highest BCUT2D eigenvalue weighted by molar-refractivity contribution is 5.92. The van der Waals surface area contributed by atoms with Gasteiger partial charge in [-0.25, -0.2) is 4.98 Å². The average Bonchev–Trinajstić information content (AvgIpc) is 2.30. The second-order valence-corrected chi connectivity index (χ2v) is 4.00. The third kappa shape index (κ3) is 3.41. The number of hydrogen-bond donors (Lipinski definition) is 1. The standard InChI is InChI=1S/C12H20N4O/c1-5-14-11-8-13-7-10(15-11)12(17)16(6-2)9(3)4/h7-9H,5-6H2,1-4H3,(H,14,15).